The van der Waals surface area contributed by atoms with Crippen LogP contribution in [0.4, 0.5) is 5.69 Å². The highest BCUT2D eigenvalue weighted by atomic mass is 16.5. The van der Waals surface area contributed by atoms with Gasteiger partial charge in [0.25, 0.3) is 11.8 Å². The number of hydrogen-bond acceptors (Lipinski definition) is 4. The molecule has 6 nitrogen and oxygen atoms in total. The van der Waals surface area contributed by atoms with Crippen molar-refractivity contribution in [2.45, 2.75) is 12.5 Å². The van der Waals surface area contributed by atoms with Gasteiger partial charge in [0.2, 0.25) is 0 Å². The molecule has 1 unspecified atom stereocenters. The van der Waals surface area contributed by atoms with Gasteiger partial charge in [-0.05, 0) is 35.4 Å². The van der Waals surface area contributed by atoms with Gasteiger partial charge >= 0.3 is 0 Å². The highest BCUT2D eigenvalue weighted by Crippen LogP contribution is 2.17. The van der Waals surface area contributed by atoms with Gasteiger partial charge in [-0.1, -0.05) is 60.7 Å². The molecule has 2 N–H and O–H groups in total. The van der Waals surface area contributed by atoms with Crippen LogP contribution in [0.15, 0.2) is 84.9 Å². The summed E-state index contributed by atoms with van der Waals surface area (Å²) in [6.07, 6.45) is 0.316. The van der Waals surface area contributed by atoms with Crippen LogP contribution in [0.5, 0.6) is 5.75 Å². The molecule has 2 amide bonds. The van der Waals surface area contributed by atoms with Gasteiger partial charge in [0.1, 0.15) is 11.8 Å². The lowest BCUT2D eigenvalue weighted by Crippen LogP contribution is -2.39. The smallest absolute Gasteiger partial charge is 0.258 e. The minimum absolute atomic E-state index is 0.237. The van der Waals surface area contributed by atoms with E-state index >= 15 is 0 Å². The van der Waals surface area contributed by atoms with Crippen LogP contribution in [0.2, 0.25) is 0 Å². The Hall–Kier alpha value is -4.11. The van der Waals surface area contributed by atoms with Crippen LogP contribution < -0.4 is 15.4 Å². The summed E-state index contributed by atoms with van der Waals surface area (Å²) in [4.78, 5) is 25.3. The van der Waals surface area contributed by atoms with Gasteiger partial charge in [-0.15, -0.1) is 0 Å². The quantitative estimate of drug-likeness (QED) is 0.605. The second-order valence-corrected chi connectivity index (χ2v) is 6.53. The van der Waals surface area contributed by atoms with Crippen molar-refractivity contribution in [2.24, 2.45) is 0 Å². The Bertz CT molecular complexity index is 1010. The summed E-state index contributed by atoms with van der Waals surface area (Å²) in [6.45, 7) is -0.237. The van der Waals surface area contributed by atoms with Crippen molar-refractivity contribution < 1.29 is 14.3 Å². The minimum Gasteiger partial charge on any atom is -0.484 e. The summed E-state index contributed by atoms with van der Waals surface area (Å²) in [5, 5.41) is 14.3. The molecule has 0 aliphatic carbocycles. The standard InChI is InChI=1S/C24H21N3O3/c25-16-15-18-11-13-21(14-12-18)30-17-22(28)27-23(19-7-3-1-4-8-19)24(29)26-20-9-5-2-6-10-20/h1-14,23H,15,17H2,(H,26,29)(H,27,28). The average molecular weight is 399 g/mol. The summed E-state index contributed by atoms with van der Waals surface area (Å²) < 4.78 is 5.51. The van der Waals surface area contributed by atoms with E-state index in [1.807, 2.05) is 36.4 Å². The summed E-state index contributed by atoms with van der Waals surface area (Å²) >= 11 is 0. The molecule has 30 heavy (non-hydrogen) atoms. The number of hydrogen-bond donors (Lipinski definition) is 2. The van der Waals surface area contributed by atoms with Crippen LogP contribution >= 0.6 is 0 Å². The Morgan fingerprint density at radius 2 is 1.53 bits per heavy atom. The Morgan fingerprint density at radius 3 is 2.17 bits per heavy atom. The largest absolute Gasteiger partial charge is 0.484 e. The van der Waals surface area contributed by atoms with Gasteiger partial charge < -0.3 is 15.4 Å². The zero-order valence-corrected chi connectivity index (χ0v) is 16.2. The second-order valence-electron chi connectivity index (χ2n) is 6.53. The van der Waals surface area contributed by atoms with E-state index in [9.17, 15) is 9.59 Å². The van der Waals surface area contributed by atoms with E-state index in [1.165, 1.54) is 0 Å². The first-order chi connectivity index (χ1) is 14.7. The molecule has 0 aliphatic heterocycles. The van der Waals surface area contributed by atoms with Crippen molar-refractivity contribution in [1.29, 1.82) is 5.26 Å². The van der Waals surface area contributed by atoms with Crippen molar-refractivity contribution in [3.05, 3.63) is 96.1 Å². The number of ether oxygens (including phenoxy) is 1. The topological polar surface area (TPSA) is 91.2 Å². The third-order valence-electron chi connectivity index (χ3n) is 4.32. The fourth-order valence-electron chi connectivity index (χ4n) is 2.83. The van der Waals surface area contributed by atoms with Gasteiger partial charge in [0, 0.05) is 5.69 Å². The number of carbonyl (C=O) groups excluding carboxylic acids is 2. The number of nitriles is 1. The molecule has 3 rings (SSSR count). The van der Waals surface area contributed by atoms with E-state index in [-0.39, 0.29) is 12.5 Å². The van der Waals surface area contributed by atoms with Gasteiger partial charge in [0.05, 0.1) is 12.5 Å². The molecule has 3 aromatic carbocycles. The summed E-state index contributed by atoms with van der Waals surface area (Å²) in [5.74, 6) is -0.258. The molecule has 0 fully saturated rings. The zero-order chi connectivity index (χ0) is 21.2. The maximum atomic E-state index is 12.8. The predicted molar refractivity (Wildman–Crippen MR) is 114 cm³/mol. The number of carbonyl (C=O) groups is 2. The van der Waals surface area contributed by atoms with Crippen LogP contribution in [0.3, 0.4) is 0 Å². The average Bonchev–Trinajstić information content (AvgIpc) is 2.78. The van der Waals surface area contributed by atoms with Crippen molar-refractivity contribution in [1.82, 2.24) is 5.32 Å². The molecule has 0 heterocycles. The van der Waals surface area contributed by atoms with Crippen molar-refractivity contribution in [3.8, 4) is 11.8 Å². The first kappa shape index (κ1) is 20.6. The molecular formula is C24H21N3O3. The van der Waals surface area contributed by atoms with Crippen LogP contribution in [-0.2, 0) is 16.0 Å². The Kier molecular flexibility index (Phi) is 7.17. The van der Waals surface area contributed by atoms with Gasteiger partial charge in [-0.25, -0.2) is 0 Å². The molecule has 150 valence electrons. The number of rotatable bonds is 8. The van der Waals surface area contributed by atoms with Crippen molar-refractivity contribution >= 4 is 17.5 Å². The fraction of sp³-hybridized carbons (Fsp3) is 0.125. The Labute approximate surface area is 175 Å². The highest BCUT2D eigenvalue weighted by Gasteiger charge is 2.23. The molecular weight excluding hydrogens is 378 g/mol. The lowest BCUT2D eigenvalue weighted by atomic mass is 10.1. The highest BCUT2D eigenvalue weighted by molar-refractivity contribution is 5.98. The molecule has 0 spiro atoms. The Morgan fingerprint density at radius 1 is 0.900 bits per heavy atom. The maximum Gasteiger partial charge on any atom is 0.258 e. The zero-order valence-electron chi connectivity index (χ0n) is 16.2. The van der Waals surface area contributed by atoms with Crippen LogP contribution in [0.25, 0.3) is 0 Å². The third kappa shape index (κ3) is 5.94. The minimum atomic E-state index is -0.861. The Balaban J connectivity index is 1.64. The maximum absolute atomic E-state index is 12.8. The summed E-state index contributed by atoms with van der Waals surface area (Å²) in [6, 6.07) is 26.3. The van der Waals surface area contributed by atoms with E-state index in [0.29, 0.717) is 23.4 Å². The van der Waals surface area contributed by atoms with Crippen LogP contribution in [0, 0.1) is 11.3 Å². The molecule has 3 aromatic rings. The number of nitrogens with zero attached hydrogens (tertiary/aromatic N) is 1. The second kappa shape index (κ2) is 10.4. The lowest BCUT2D eigenvalue weighted by Gasteiger charge is -2.19. The molecule has 6 heteroatoms. The van der Waals surface area contributed by atoms with Gasteiger partial charge in [0.15, 0.2) is 6.61 Å². The summed E-state index contributed by atoms with van der Waals surface area (Å²) in [7, 11) is 0. The fourth-order valence-corrected chi connectivity index (χ4v) is 2.83. The molecule has 0 saturated heterocycles. The molecule has 0 radical (unpaired) electrons. The van der Waals surface area contributed by atoms with Crippen molar-refractivity contribution in [2.75, 3.05) is 11.9 Å². The third-order valence-corrected chi connectivity index (χ3v) is 4.32. The predicted octanol–water partition coefficient (Wildman–Crippen LogP) is 3.63. The first-order valence-corrected chi connectivity index (χ1v) is 9.44. The number of anilines is 1. The molecule has 0 aliphatic rings. The number of amides is 2. The molecule has 0 saturated carbocycles. The number of para-hydroxylation sites is 1. The van der Waals surface area contributed by atoms with E-state index in [1.54, 1.807) is 48.5 Å². The lowest BCUT2D eigenvalue weighted by molar-refractivity contribution is -0.128. The SMILES string of the molecule is N#CCc1ccc(OCC(=O)NC(C(=O)Nc2ccccc2)c2ccccc2)cc1. The van der Waals surface area contributed by atoms with E-state index in [4.69, 9.17) is 10.00 Å². The number of benzene rings is 3. The normalized spacial score (nSPS) is 11.0. The van der Waals surface area contributed by atoms with E-state index in [0.717, 1.165) is 5.56 Å². The first-order valence-electron chi connectivity index (χ1n) is 9.44. The van der Waals surface area contributed by atoms with Crippen LogP contribution in [0.1, 0.15) is 17.2 Å². The van der Waals surface area contributed by atoms with Gasteiger partial charge in [-0.2, -0.15) is 5.26 Å². The van der Waals surface area contributed by atoms with Crippen molar-refractivity contribution in [3.63, 3.8) is 0 Å². The van der Waals surface area contributed by atoms with Crippen LogP contribution in [-0.4, -0.2) is 18.4 Å². The summed E-state index contributed by atoms with van der Waals surface area (Å²) in [5.41, 5.74) is 2.18. The van der Waals surface area contributed by atoms with E-state index in [2.05, 4.69) is 16.7 Å². The van der Waals surface area contributed by atoms with Gasteiger partial charge in [-0.3, -0.25) is 9.59 Å². The van der Waals surface area contributed by atoms with E-state index < -0.39 is 11.9 Å². The number of nitrogens with one attached hydrogen (secondary N) is 2. The molecule has 0 aromatic heterocycles. The molecule has 1 atom stereocenters. The monoisotopic (exact) mass is 399 g/mol. The molecule has 0 bridgehead atoms.